The lowest BCUT2D eigenvalue weighted by atomic mass is 9.82. The van der Waals surface area contributed by atoms with E-state index >= 15 is 0 Å². The minimum absolute atomic E-state index is 0.0140. The second-order valence-electron chi connectivity index (χ2n) is 12.4. The fraction of sp³-hybridized carbons (Fsp3) is 0. The molecule has 0 aliphatic heterocycles. The molecule has 10 aromatic carbocycles. The highest BCUT2D eigenvalue weighted by Crippen LogP contribution is 2.49. The quantitative estimate of drug-likeness (QED) is 0.172. The molecule has 1 heteroatoms. The van der Waals surface area contributed by atoms with Crippen LogP contribution in [0.1, 0.15) is 20.6 Å². The van der Waals surface area contributed by atoms with Crippen LogP contribution < -0.4 is 0 Å². The summed E-state index contributed by atoms with van der Waals surface area (Å²) >= 11 is 0. The predicted octanol–water partition coefficient (Wildman–Crippen LogP) is 14.4. The topological polar surface area (TPSA) is 13.1 Å². The highest BCUT2D eigenvalue weighted by Gasteiger charge is 2.22. The molecule has 0 radical (unpaired) electrons. The summed E-state index contributed by atoms with van der Waals surface area (Å²) in [5.74, 6) is 0. The molecule has 1 heterocycles. The van der Waals surface area contributed by atoms with Crippen molar-refractivity contribution < 1.29 is 25.0 Å². The van der Waals surface area contributed by atoms with Gasteiger partial charge >= 0.3 is 0 Å². The van der Waals surface area contributed by atoms with Gasteiger partial charge in [-0.3, -0.25) is 0 Å². The van der Waals surface area contributed by atoms with Crippen LogP contribution in [0.2, 0.25) is 0 Å². The summed E-state index contributed by atoms with van der Waals surface area (Å²) in [5, 5.41) is 3.42. The summed E-state index contributed by atoms with van der Waals surface area (Å²) in [7, 11) is 0. The SMILES string of the molecule is [2H]c1c([2H])c([2H])c2c(-c3c4c([2H])c([2H])c([2H])c([2H])c4c(-c4ccc5ccccc5c4-c4ccc5c(c4)oc4ccc6ccccc6c45)c4c([2H])c([2H])c([2H])c([2H])c34)c([2H])c([2H])c([2H])c2c1[2H]. The van der Waals surface area contributed by atoms with E-state index in [0.717, 1.165) is 26.9 Å². The van der Waals surface area contributed by atoms with E-state index in [9.17, 15) is 6.85 Å². The van der Waals surface area contributed by atoms with Gasteiger partial charge in [0.2, 0.25) is 0 Å². The maximum atomic E-state index is 9.64. The average molecular weight is 662 g/mol. The van der Waals surface area contributed by atoms with E-state index in [4.69, 9.17) is 18.1 Å². The van der Waals surface area contributed by atoms with Crippen LogP contribution in [0.25, 0.3) is 109 Å². The summed E-state index contributed by atoms with van der Waals surface area (Å²) in [6.07, 6.45) is 0. The molecule has 0 saturated heterocycles. The second kappa shape index (κ2) is 10.9. The first-order chi connectivity index (χ1) is 31.5. The molecule has 0 saturated carbocycles. The number of hydrogen-bond donors (Lipinski definition) is 0. The lowest BCUT2D eigenvalue weighted by molar-refractivity contribution is 0.669. The summed E-state index contributed by atoms with van der Waals surface area (Å²) in [6, 6.07) is 18.4. The van der Waals surface area contributed by atoms with Crippen molar-refractivity contribution >= 4 is 75.8 Å². The maximum absolute atomic E-state index is 9.64. The van der Waals surface area contributed by atoms with Crippen molar-refractivity contribution in [3.8, 4) is 33.4 Å². The third-order valence-corrected chi connectivity index (χ3v) is 9.79. The number of furan rings is 1. The highest BCUT2D eigenvalue weighted by molar-refractivity contribution is 6.26. The van der Waals surface area contributed by atoms with E-state index < -0.39 is 107 Å². The van der Waals surface area contributed by atoms with Gasteiger partial charge in [-0.05, 0) is 105 Å². The minimum Gasteiger partial charge on any atom is -0.456 e. The molecule has 0 aliphatic carbocycles. The van der Waals surface area contributed by atoms with Crippen molar-refractivity contribution in [2.75, 3.05) is 0 Å². The molecule has 0 bridgehead atoms. The second-order valence-corrected chi connectivity index (χ2v) is 12.4. The van der Waals surface area contributed by atoms with Crippen LogP contribution in [-0.2, 0) is 0 Å². The van der Waals surface area contributed by atoms with Crippen molar-refractivity contribution in [3.05, 3.63) is 182 Å². The molecule has 11 aromatic rings. The molecular weight excluding hydrogens is 617 g/mol. The van der Waals surface area contributed by atoms with E-state index in [2.05, 4.69) is 0 Å². The molecule has 1 aromatic heterocycles. The predicted molar refractivity (Wildman–Crippen MR) is 218 cm³/mol. The number of fused-ring (bicyclic) bond motifs is 9. The summed E-state index contributed by atoms with van der Waals surface area (Å²) < 4.78 is 143. The van der Waals surface area contributed by atoms with Crippen LogP contribution in [0.3, 0.4) is 0 Å². The van der Waals surface area contributed by atoms with Crippen molar-refractivity contribution in [2.24, 2.45) is 0 Å². The zero-order valence-electron chi connectivity index (χ0n) is 41.6. The third-order valence-electron chi connectivity index (χ3n) is 9.79. The van der Waals surface area contributed by atoms with Gasteiger partial charge < -0.3 is 4.42 Å². The third kappa shape index (κ3) is 4.16. The Hall–Kier alpha value is -6.70. The van der Waals surface area contributed by atoms with E-state index in [1.165, 1.54) is 0 Å². The van der Waals surface area contributed by atoms with Crippen molar-refractivity contribution in [3.63, 3.8) is 0 Å². The number of hydrogen-bond acceptors (Lipinski definition) is 1. The first-order valence-corrected chi connectivity index (χ1v) is 16.4. The molecule has 0 spiro atoms. The average Bonchev–Trinajstić information content (AvgIpc) is 3.71. The van der Waals surface area contributed by atoms with Gasteiger partial charge in [0.15, 0.2) is 0 Å². The molecule has 0 amide bonds. The van der Waals surface area contributed by atoms with Crippen LogP contribution in [0.4, 0.5) is 0 Å². The highest BCUT2D eigenvalue weighted by atomic mass is 16.3. The van der Waals surface area contributed by atoms with Crippen LogP contribution in [-0.4, -0.2) is 0 Å². The van der Waals surface area contributed by atoms with E-state index in [1.54, 1.807) is 6.07 Å². The van der Waals surface area contributed by atoms with E-state index in [1.807, 2.05) is 84.9 Å². The summed E-state index contributed by atoms with van der Waals surface area (Å²) in [6.45, 7) is 0. The fourth-order valence-electron chi connectivity index (χ4n) is 7.64. The van der Waals surface area contributed by atoms with Gasteiger partial charge in [-0.2, -0.15) is 0 Å². The van der Waals surface area contributed by atoms with Crippen molar-refractivity contribution in [2.45, 2.75) is 0 Å². The molecule has 0 aliphatic rings. The maximum Gasteiger partial charge on any atom is 0.136 e. The Morgan fingerprint density at radius 3 is 1.69 bits per heavy atom. The standard InChI is InChI=1S/C50H30O/c1-4-16-35-31(12-1)15-11-23-38(35)48-39-19-7-9-21-41(39)49(42-22-10-8-20-40(42)48)44-28-24-32-13-2-5-17-36(32)47(44)34-25-27-43-46(30-34)51-45-29-26-33-14-3-6-18-37(33)50(43)45/h1-30H/i1D,4D,7D,8D,9D,10D,11D,12D,15D,16D,19D,20D,21D,22D,23D. The first-order valence-electron chi connectivity index (χ1n) is 23.9. The van der Waals surface area contributed by atoms with Crippen LogP contribution >= 0.6 is 0 Å². The smallest absolute Gasteiger partial charge is 0.136 e. The Balaban J connectivity index is 1.39. The molecule has 0 N–H and O–H groups in total. The van der Waals surface area contributed by atoms with Gasteiger partial charge in [-0.15, -0.1) is 0 Å². The van der Waals surface area contributed by atoms with Gasteiger partial charge in [0.1, 0.15) is 11.2 Å². The summed E-state index contributed by atoms with van der Waals surface area (Å²) in [5.41, 5.74) is 1.90. The van der Waals surface area contributed by atoms with Crippen LogP contribution in [0.15, 0.2) is 186 Å². The monoisotopic (exact) mass is 661 g/mol. The van der Waals surface area contributed by atoms with Gasteiger partial charge in [0.25, 0.3) is 0 Å². The molecule has 51 heavy (non-hydrogen) atoms. The largest absolute Gasteiger partial charge is 0.456 e. The van der Waals surface area contributed by atoms with Gasteiger partial charge in [-0.25, -0.2) is 0 Å². The molecule has 0 unspecified atom stereocenters. The summed E-state index contributed by atoms with van der Waals surface area (Å²) in [4.78, 5) is 0. The van der Waals surface area contributed by atoms with E-state index in [0.29, 0.717) is 33.2 Å². The Morgan fingerprint density at radius 1 is 0.353 bits per heavy atom. The van der Waals surface area contributed by atoms with E-state index in [-0.39, 0.29) is 32.7 Å². The first kappa shape index (κ1) is 17.3. The van der Waals surface area contributed by atoms with Gasteiger partial charge in [-0.1, -0.05) is 163 Å². The Morgan fingerprint density at radius 2 is 0.941 bits per heavy atom. The molecule has 0 fully saturated rings. The molecular formula is C50H30O. The van der Waals surface area contributed by atoms with Gasteiger partial charge in [0, 0.05) is 10.8 Å². The normalized spacial score (nSPS) is 16.0. The molecule has 11 rings (SSSR count). The lowest BCUT2D eigenvalue weighted by Gasteiger charge is -2.21. The van der Waals surface area contributed by atoms with Crippen LogP contribution in [0.5, 0.6) is 0 Å². The van der Waals surface area contributed by atoms with Crippen molar-refractivity contribution in [1.82, 2.24) is 0 Å². The Labute approximate surface area is 315 Å². The zero-order chi connectivity index (χ0) is 46.5. The fourth-order valence-corrected chi connectivity index (χ4v) is 7.64. The zero-order valence-corrected chi connectivity index (χ0v) is 26.6. The van der Waals surface area contributed by atoms with Gasteiger partial charge in [0.05, 0.1) is 20.6 Å². The lowest BCUT2D eigenvalue weighted by Crippen LogP contribution is -1.94. The Bertz CT molecular complexity index is 3970. The molecule has 236 valence electrons. The van der Waals surface area contributed by atoms with Crippen molar-refractivity contribution in [1.29, 1.82) is 0 Å². The number of rotatable bonds is 3. The Kier molecular flexibility index (Phi) is 3.70. The molecule has 0 atom stereocenters. The number of benzene rings is 10. The molecule has 1 nitrogen and oxygen atoms in total. The van der Waals surface area contributed by atoms with Crippen LogP contribution in [0, 0.1) is 0 Å². The minimum atomic E-state index is -0.764.